The van der Waals surface area contributed by atoms with Crippen LogP contribution in [-0.4, -0.2) is 18.9 Å². The van der Waals surface area contributed by atoms with Gasteiger partial charge in [0.2, 0.25) is 0 Å². The van der Waals surface area contributed by atoms with Gasteiger partial charge >= 0.3 is 5.97 Å². The molecule has 0 saturated carbocycles. The fraction of sp³-hybridized carbons (Fsp3) is 0.250. The number of ketones is 1. The number of anilines is 1. The molecule has 0 amide bonds. The van der Waals surface area contributed by atoms with E-state index in [4.69, 9.17) is 9.47 Å². The normalized spacial score (nSPS) is 15.7. The lowest BCUT2D eigenvalue weighted by Gasteiger charge is -2.28. The Kier molecular flexibility index (Phi) is 4.97. The summed E-state index contributed by atoms with van der Waals surface area (Å²) in [4.78, 5) is 24.9. The molecule has 0 bridgehead atoms. The molecule has 0 radical (unpaired) electrons. The molecule has 1 heterocycles. The highest BCUT2D eigenvalue weighted by Crippen LogP contribution is 2.39. The van der Waals surface area contributed by atoms with Gasteiger partial charge < -0.3 is 14.8 Å². The van der Waals surface area contributed by atoms with Crippen molar-refractivity contribution in [3.8, 4) is 11.5 Å². The highest BCUT2D eigenvalue weighted by molar-refractivity contribution is 6.14. The molecule has 0 spiro atoms. The van der Waals surface area contributed by atoms with Crippen LogP contribution in [0, 0.1) is 5.92 Å². The van der Waals surface area contributed by atoms with E-state index in [0.717, 1.165) is 27.6 Å². The lowest BCUT2D eigenvalue weighted by molar-refractivity contribution is -0.137. The van der Waals surface area contributed by atoms with Crippen LogP contribution in [0.5, 0.6) is 11.5 Å². The number of nitrogens with one attached hydrogen (secondary N) is 1. The summed E-state index contributed by atoms with van der Waals surface area (Å²) in [7, 11) is 1.53. The highest BCUT2D eigenvalue weighted by Gasteiger charge is 2.28. The molecule has 5 nitrogen and oxygen atoms in total. The minimum atomic E-state index is -0.317. The van der Waals surface area contributed by atoms with Crippen molar-refractivity contribution in [3.05, 3.63) is 65.7 Å². The van der Waals surface area contributed by atoms with Crippen molar-refractivity contribution in [3.63, 3.8) is 0 Å². The number of fused-ring (bicyclic) bond motifs is 3. The van der Waals surface area contributed by atoms with E-state index in [1.54, 1.807) is 19.9 Å². The number of benzene rings is 3. The van der Waals surface area contributed by atoms with E-state index in [2.05, 4.69) is 5.32 Å². The monoisotopic (exact) mass is 389 g/mol. The van der Waals surface area contributed by atoms with Crippen LogP contribution in [0.25, 0.3) is 10.8 Å². The van der Waals surface area contributed by atoms with Crippen molar-refractivity contribution in [1.29, 1.82) is 0 Å². The third-order valence-electron chi connectivity index (χ3n) is 5.20. The minimum absolute atomic E-state index is 0.106. The van der Waals surface area contributed by atoms with Crippen LogP contribution in [0.2, 0.25) is 0 Å². The third kappa shape index (κ3) is 3.56. The molecule has 3 aromatic carbocycles. The third-order valence-corrected chi connectivity index (χ3v) is 5.20. The van der Waals surface area contributed by atoms with E-state index in [9.17, 15) is 9.59 Å². The number of ether oxygens (including phenoxy) is 2. The zero-order valence-electron chi connectivity index (χ0n) is 16.7. The van der Waals surface area contributed by atoms with Gasteiger partial charge in [-0.3, -0.25) is 9.59 Å². The largest absolute Gasteiger partial charge is 0.493 e. The fourth-order valence-corrected chi connectivity index (χ4v) is 3.63. The van der Waals surface area contributed by atoms with Crippen molar-refractivity contribution in [2.45, 2.75) is 26.3 Å². The van der Waals surface area contributed by atoms with E-state index >= 15 is 0 Å². The lowest BCUT2D eigenvalue weighted by Crippen LogP contribution is -2.23. The van der Waals surface area contributed by atoms with Crippen molar-refractivity contribution < 1.29 is 19.1 Å². The number of rotatable bonds is 4. The average molecular weight is 389 g/mol. The predicted molar refractivity (Wildman–Crippen MR) is 113 cm³/mol. The van der Waals surface area contributed by atoms with Gasteiger partial charge in [0.15, 0.2) is 17.3 Å². The van der Waals surface area contributed by atoms with Crippen LogP contribution in [0.1, 0.15) is 42.2 Å². The molecule has 0 aromatic heterocycles. The first-order valence-corrected chi connectivity index (χ1v) is 9.69. The van der Waals surface area contributed by atoms with Crippen LogP contribution in [-0.2, 0) is 4.79 Å². The number of Topliss-reactive ketones (excluding diaryl/α,β-unsaturated/α-hetero) is 1. The number of methoxy groups -OCH3 is 1. The lowest BCUT2D eigenvalue weighted by atomic mass is 9.89. The van der Waals surface area contributed by atoms with Gasteiger partial charge in [-0.1, -0.05) is 50.2 Å². The van der Waals surface area contributed by atoms with Gasteiger partial charge in [0.1, 0.15) is 0 Å². The van der Waals surface area contributed by atoms with E-state index in [1.807, 2.05) is 48.5 Å². The summed E-state index contributed by atoms with van der Waals surface area (Å²) in [5, 5.41) is 5.50. The molecule has 4 rings (SSSR count). The molecular formula is C24H23NO4. The number of carbonyl (C=O) groups excluding carboxylic acids is 2. The molecule has 3 aromatic rings. The SMILES string of the molecule is COc1cc(C2CC(=O)c3c(ccc4ccccc34)N2)ccc1OC(=O)C(C)C. The first-order valence-electron chi connectivity index (χ1n) is 9.69. The topological polar surface area (TPSA) is 64.6 Å². The van der Waals surface area contributed by atoms with Gasteiger partial charge in [0, 0.05) is 17.7 Å². The number of esters is 1. The second-order valence-electron chi connectivity index (χ2n) is 7.52. The quantitative estimate of drug-likeness (QED) is 0.494. The second kappa shape index (κ2) is 7.59. The summed E-state index contributed by atoms with van der Waals surface area (Å²) in [6.45, 7) is 3.56. The minimum Gasteiger partial charge on any atom is -0.493 e. The molecule has 1 atom stereocenters. The van der Waals surface area contributed by atoms with Gasteiger partial charge in [-0.25, -0.2) is 0 Å². The maximum atomic E-state index is 13.0. The van der Waals surface area contributed by atoms with Gasteiger partial charge in [0.25, 0.3) is 0 Å². The maximum absolute atomic E-state index is 13.0. The Balaban J connectivity index is 1.66. The Morgan fingerprint density at radius 3 is 2.62 bits per heavy atom. The molecule has 1 N–H and O–H groups in total. The van der Waals surface area contributed by atoms with Gasteiger partial charge in [-0.05, 0) is 34.5 Å². The Hall–Kier alpha value is -3.34. The maximum Gasteiger partial charge on any atom is 0.313 e. The first-order chi connectivity index (χ1) is 14.0. The molecule has 148 valence electrons. The molecule has 1 aliphatic heterocycles. The highest BCUT2D eigenvalue weighted by atomic mass is 16.6. The Morgan fingerprint density at radius 1 is 1.07 bits per heavy atom. The summed E-state index contributed by atoms with van der Waals surface area (Å²) in [5.41, 5.74) is 2.48. The van der Waals surface area contributed by atoms with Crippen LogP contribution in [0.3, 0.4) is 0 Å². The standard InChI is InChI=1S/C24H23NO4/c1-14(2)24(27)29-21-11-9-16(12-22(21)28-3)19-13-20(26)23-17-7-5-4-6-15(17)8-10-18(23)25-19/h4-12,14,19,25H,13H2,1-3H3. The first kappa shape index (κ1) is 19.0. The summed E-state index contributed by atoms with van der Waals surface area (Å²) < 4.78 is 10.8. The summed E-state index contributed by atoms with van der Waals surface area (Å²) in [5.74, 6) is 0.402. The smallest absolute Gasteiger partial charge is 0.313 e. The van der Waals surface area contributed by atoms with Crippen LogP contribution < -0.4 is 14.8 Å². The Labute approximate surface area is 169 Å². The van der Waals surface area contributed by atoms with Gasteiger partial charge in [-0.15, -0.1) is 0 Å². The molecular weight excluding hydrogens is 366 g/mol. The average Bonchev–Trinajstić information content (AvgIpc) is 2.73. The summed E-state index contributed by atoms with van der Waals surface area (Å²) in [6.07, 6.45) is 0.343. The molecule has 0 fully saturated rings. The molecule has 0 saturated heterocycles. The van der Waals surface area contributed by atoms with Crippen molar-refractivity contribution >= 4 is 28.2 Å². The van der Waals surface area contributed by atoms with E-state index in [-0.39, 0.29) is 23.7 Å². The number of carbonyl (C=O) groups is 2. The van der Waals surface area contributed by atoms with Crippen molar-refractivity contribution in [2.24, 2.45) is 5.92 Å². The van der Waals surface area contributed by atoms with Gasteiger partial charge in [0.05, 0.1) is 19.1 Å². The Bertz CT molecular complexity index is 1100. The molecule has 1 aliphatic rings. The number of hydrogen-bond donors (Lipinski definition) is 1. The molecule has 0 aliphatic carbocycles. The van der Waals surface area contributed by atoms with E-state index < -0.39 is 0 Å². The molecule has 5 heteroatoms. The van der Waals surface area contributed by atoms with E-state index in [0.29, 0.717) is 17.9 Å². The zero-order chi connectivity index (χ0) is 20.5. The van der Waals surface area contributed by atoms with Crippen LogP contribution in [0.4, 0.5) is 5.69 Å². The Morgan fingerprint density at radius 2 is 1.86 bits per heavy atom. The zero-order valence-corrected chi connectivity index (χ0v) is 16.7. The summed E-state index contributed by atoms with van der Waals surface area (Å²) in [6, 6.07) is 17.1. The summed E-state index contributed by atoms with van der Waals surface area (Å²) >= 11 is 0. The predicted octanol–water partition coefficient (Wildman–Crippen LogP) is 5.15. The van der Waals surface area contributed by atoms with Crippen molar-refractivity contribution in [1.82, 2.24) is 0 Å². The second-order valence-corrected chi connectivity index (χ2v) is 7.52. The fourth-order valence-electron chi connectivity index (χ4n) is 3.63. The van der Waals surface area contributed by atoms with Gasteiger partial charge in [-0.2, -0.15) is 0 Å². The van der Waals surface area contributed by atoms with E-state index in [1.165, 1.54) is 7.11 Å². The molecule has 1 unspecified atom stereocenters. The number of hydrogen-bond acceptors (Lipinski definition) is 5. The van der Waals surface area contributed by atoms with Crippen LogP contribution >= 0.6 is 0 Å². The molecule has 29 heavy (non-hydrogen) atoms. The van der Waals surface area contributed by atoms with Crippen LogP contribution in [0.15, 0.2) is 54.6 Å². The van der Waals surface area contributed by atoms with Crippen molar-refractivity contribution in [2.75, 3.05) is 12.4 Å².